The predicted molar refractivity (Wildman–Crippen MR) is 107 cm³/mol. The first-order chi connectivity index (χ1) is 14.5. The molecular weight excluding hydrogens is 437 g/mol. The first-order valence-electron chi connectivity index (χ1n) is 9.48. The van der Waals surface area contributed by atoms with E-state index < -0.39 is 24.7 Å². The van der Waals surface area contributed by atoms with Gasteiger partial charge in [-0.15, -0.1) is 0 Å². The molecule has 11 heteroatoms. The Morgan fingerprint density at radius 3 is 2.58 bits per heavy atom. The second-order valence-corrected chi connectivity index (χ2v) is 7.67. The average molecular weight is 457 g/mol. The van der Waals surface area contributed by atoms with Gasteiger partial charge in [0.25, 0.3) is 5.91 Å². The van der Waals surface area contributed by atoms with Gasteiger partial charge < -0.3 is 10.1 Å². The van der Waals surface area contributed by atoms with Crippen molar-refractivity contribution in [3.63, 3.8) is 0 Å². The summed E-state index contributed by atoms with van der Waals surface area (Å²) in [5.41, 5.74) is 1.05. The number of nitrogens with zero attached hydrogens (tertiary/aromatic N) is 2. The van der Waals surface area contributed by atoms with Crippen molar-refractivity contribution >= 4 is 29.4 Å². The number of ether oxygens (including phenoxy) is 1. The van der Waals surface area contributed by atoms with Crippen molar-refractivity contribution in [2.45, 2.75) is 38.9 Å². The molecule has 3 rings (SSSR count). The van der Waals surface area contributed by atoms with E-state index in [-0.39, 0.29) is 34.2 Å². The molecule has 7 nitrogen and oxygen atoms in total. The van der Waals surface area contributed by atoms with Gasteiger partial charge >= 0.3 is 6.18 Å². The number of nitrogens with one attached hydrogen (secondary N) is 2. The van der Waals surface area contributed by atoms with E-state index in [2.05, 4.69) is 25.3 Å². The van der Waals surface area contributed by atoms with Crippen LogP contribution in [0.5, 0.6) is 5.75 Å². The zero-order valence-corrected chi connectivity index (χ0v) is 17.5. The molecule has 31 heavy (non-hydrogen) atoms. The van der Waals surface area contributed by atoms with Crippen molar-refractivity contribution in [1.82, 2.24) is 15.3 Å². The van der Waals surface area contributed by atoms with E-state index in [0.29, 0.717) is 11.3 Å². The molecule has 166 valence electrons. The van der Waals surface area contributed by atoms with Crippen molar-refractivity contribution in [2.75, 3.05) is 11.9 Å². The summed E-state index contributed by atoms with van der Waals surface area (Å²) in [4.78, 5) is 32.8. The molecule has 1 heterocycles. The van der Waals surface area contributed by atoms with Gasteiger partial charge in [0.2, 0.25) is 11.9 Å². The first-order valence-corrected chi connectivity index (χ1v) is 9.86. The Morgan fingerprint density at radius 2 is 1.97 bits per heavy atom. The van der Waals surface area contributed by atoms with Gasteiger partial charge in [-0.3, -0.25) is 14.9 Å². The van der Waals surface area contributed by atoms with Gasteiger partial charge in [0, 0.05) is 16.6 Å². The summed E-state index contributed by atoms with van der Waals surface area (Å²) < 4.78 is 41.5. The molecule has 2 amide bonds. The Morgan fingerprint density at radius 1 is 1.26 bits per heavy atom. The monoisotopic (exact) mass is 456 g/mol. The number of aryl methyl sites for hydroxylation is 1. The van der Waals surface area contributed by atoms with Crippen LogP contribution < -0.4 is 15.4 Å². The SMILES string of the molecule is Cc1cc(C(=O)NC(C)c2ccc(OCC(F)(F)F)cc2Cl)nc(NC(=O)C2CC2)n1. The smallest absolute Gasteiger partial charge is 0.422 e. The van der Waals surface area contributed by atoms with Crippen molar-refractivity contribution < 1.29 is 27.5 Å². The molecule has 0 aliphatic heterocycles. The van der Waals surface area contributed by atoms with Gasteiger partial charge in [-0.05, 0) is 50.5 Å². The number of benzene rings is 1. The molecule has 1 aromatic carbocycles. The molecule has 1 aliphatic rings. The maximum Gasteiger partial charge on any atom is 0.422 e. The molecule has 0 spiro atoms. The molecule has 1 atom stereocenters. The number of anilines is 1. The number of halogens is 4. The maximum atomic E-state index is 12.6. The lowest BCUT2D eigenvalue weighted by Gasteiger charge is -2.17. The van der Waals surface area contributed by atoms with Gasteiger partial charge in [-0.25, -0.2) is 9.97 Å². The van der Waals surface area contributed by atoms with E-state index in [1.807, 2.05) is 0 Å². The number of carbonyl (C=O) groups excluding carboxylic acids is 2. The van der Waals surface area contributed by atoms with Crippen LogP contribution in [0.3, 0.4) is 0 Å². The van der Waals surface area contributed by atoms with Crippen molar-refractivity contribution in [1.29, 1.82) is 0 Å². The Kier molecular flexibility index (Phi) is 6.68. The fraction of sp³-hybridized carbons (Fsp3) is 0.400. The van der Waals surface area contributed by atoms with Crippen LogP contribution in [0.15, 0.2) is 24.3 Å². The number of rotatable bonds is 7. The fourth-order valence-electron chi connectivity index (χ4n) is 2.76. The average Bonchev–Trinajstić information content (AvgIpc) is 3.50. The largest absolute Gasteiger partial charge is 0.484 e. The Bertz CT molecular complexity index is 996. The molecule has 1 saturated carbocycles. The first kappa shape index (κ1) is 22.8. The Balaban J connectivity index is 1.67. The zero-order valence-electron chi connectivity index (χ0n) is 16.7. The number of hydrogen-bond donors (Lipinski definition) is 2. The molecule has 2 aromatic rings. The standard InChI is InChI=1S/C20H20ClF3N4O3/c1-10-7-16(27-19(25-10)28-17(29)12-3-4-12)18(30)26-11(2)14-6-5-13(8-15(14)21)31-9-20(22,23)24/h5-8,11-12H,3-4,9H2,1-2H3,(H,26,30)(H,25,27,28,29). The lowest BCUT2D eigenvalue weighted by molar-refractivity contribution is -0.153. The molecule has 1 unspecified atom stereocenters. The molecule has 1 aromatic heterocycles. The van der Waals surface area contributed by atoms with E-state index in [9.17, 15) is 22.8 Å². The summed E-state index contributed by atoms with van der Waals surface area (Å²) in [7, 11) is 0. The van der Waals surface area contributed by atoms with Gasteiger partial charge in [-0.1, -0.05) is 17.7 Å². The third kappa shape index (κ3) is 6.55. The minimum atomic E-state index is -4.46. The highest BCUT2D eigenvalue weighted by Gasteiger charge is 2.30. The van der Waals surface area contributed by atoms with E-state index in [1.54, 1.807) is 13.8 Å². The second kappa shape index (κ2) is 9.09. The normalized spacial score (nSPS) is 14.6. The lowest BCUT2D eigenvalue weighted by atomic mass is 10.1. The number of alkyl halides is 3. The Hall–Kier alpha value is -2.88. The van der Waals surface area contributed by atoms with Crippen LogP contribution in [0.25, 0.3) is 0 Å². The third-order valence-electron chi connectivity index (χ3n) is 4.46. The quantitative estimate of drug-likeness (QED) is 0.650. The zero-order chi connectivity index (χ0) is 22.8. The predicted octanol–water partition coefficient (Wildman–Crippen LogP) is 4.22. The third-order valence-corrected chi connectivity index (χ3v) is 4.79. The summed E-state index contributed by atoms with van der Waals surface area (Å²) >= 11 is 6.16. The van der Waals surface area contributed by atoms with Crippen LogP contribution in [-0.2, 0) is 4.79 Å². The van der Waals surface area contributed by atoms with Crippen LogP contribution >= 0.6 is 11.6 Å². The van der Waals surface area contributed by atoms with Crippen LogP contribution in [0.4, 0.5) is 19.1 Å². The number of hydrogen-bond acceptors (Lipinski definition) is 5. The molecule has 0 radical (unpaired) electrons. The molecule has 1 fully saturated rings. The summed E-state index contributed by atoms with van der Waals surface area (Å²) in [5.74, 6) is -0.712. The van der Waals surface area contributed by atoms with Crippen LogP contribution in [0, 0.1) is 12.8 Å². The topological polar surface area (TPSA) is 93.2 Å². The Labute approximate surface area is 181 Å². The summed E-state index contributed by atoms with van der Waals surface area (Å²) in [6.07, 6.45) is -2.81. The molecule has 1 aliphatic carbocycles. The second-order valence-electron chi connectivity index (χ2n) is 7.26. The molecule has 2 N–H and O–H groups in total. The minimum Gasteiger partial charge on any atom is -0.484 e. The minimum absolute atomic E-state index is 0.0351. The highest BCUT2D eigenvalue weighted by molar-refractivity contribution is 6.31. The van der Waals surface area contributed by atoms with Gasteiger partial charge in [0.05, 0.1) is 6.04 Å². The van der Waals surface area contributed by atoms with E-state index in [4.69, 9.17) is 11.6 Å². The number of aromatic nitrogens is 2. The van der Waals surface area contributed by atoms with Gasteiger partial charge in [0.15, 0.2) is 6.61 Å². The van der Waals surface area contributed by atoms with Crippen molar-refractivity contribution in [2.24, 2.45) is 5.92 Å². The van der Waals surface area contributed by atoms with Crippen molar-refractivity contribution in [3.8, 4) is 5.75 Å². The highest BCUT2D eigenvalue weighted by Crippen LogP contribution is 2.30. The van der Waals surface area contributed by atoms with E-state index >= 15 is 0 Å². The number of carbonyl (C=O) groups is 2. The maximum absolute atomic E-state index is 12.6. The number of amides is 2. The van der Waals surface area contributed by atoms with Gasteiger partial charge in [0.1, 0.15) is 11.4 Å². The van der Waals surface area contributed by atoms with Crippen LogP contribution in [0.2, 0.25) is 5.02 Å². The molecular formula is C20H20ClF3N4O3. The highest BCUT2D eigenvalue weighted by atomic mass is 35.5. The summed E-state index contributed by atoms with van der Waals surface area (Å²) in [5, 5.41) is 5.47. The molecule has 0 bridgehead atoms. The van der Waals surface area contributed by atoms with Crippen LogP contribution in [0.1, 0.15) is 47.6 Å². The summed E-state index contributed by atoms with van der Waals surface area (Å²) in [6, 6.07) is 4.98. The summed E-state index contributed by atoms with van der Waals surface area (Å²) in [6.45, 7) is 1.91. The van der Waals surface area contributed by atoms with E-state index in [1.165, 1.54) is 24.3 Å². The molecule has 0 saturated heterocycles. The van der Waals surface area contributed by atoms with Crippen molar-refractivity contribution in [3.05, 3.63) is 46.2 Å². The fourth-order valence-corrected chi connectivity index (χ4v) is 3.10. The lowest BCUT2D eigenvalue weighted by Crippen LogP contribution is -2.28. The van der Waals surface area contributed by atoms with Crippen LogP contribution in [-0.4, -0.2) is 34.6 Å². The van der Waals surface area contributed by atoms with E-state index in [0.717, 1.165) is 12.8 Å². The van der Waals surface area contributed by atoms with Gasteiger partial charge in [-0.2, -0.15) is 13.2 Å².